The largest absolute Gasteiger partial charge is 0.356 e. The number of hydrogen-bond donors (Lipinski definition) is 3. The minimum absolute atomic E-state index is 0.0120. The van der Waals surface area contributed by atoms with Crippen LogP contribution < -0.4 is 16.5 Å². The molecule has 2 rings (SSSR count). The van der Waals surface area contributed by atoms with Crippen molar-refractivity contribution in [1.29, 1.82) is 0 Å². The van der Waals surface area contributed by atoms with E-state index in [1.165, 1.54) is 11.1 Å². The Bertz CT molecular complexity index is 854. The molecule has 4 N–H and O–H groups in total. The maximum absolute atomic E-state index is 12.0. The second-order valence-electron chi connectivity index (χ2n) is 8.03. The predicted molar refractivity (Wildman–Crippen MR) is 128 cm³/mol. The number of unbranched alkanes of at least 4 members (excludes halogenated alkanes) is 2. The molecule has 33 heavy (non-hydrogen) atoms. The van der Waals surface area contributed by atoms with E-state index in [2.05, 4.69) is 35.1 Å². The molecule has 0 fully saturated rings. The molecule has 0 aromatic heterocycles. The van der Waals surface area contributed by atoms with E-state index < -0.39 is 11.9 Å². The van der Waals surface area contributed by atoms with Crippen molar-refractivity contribution < 1.29 is 19.2 Å². The van der Waals surface area contributed by atoms with Gasteiger partial charge in [0.2, 0.25) is 5.91 Å². The van der Waals surface area contributed by atoms with E-state index in [-0.39, 0.29) is 25.3 Å². The maximum Gasteiger partial charge on any atom is 0.334 e. The van der Waals surface area contributed by atoms with Gasteiger partial charge in [0.05, 0.1) is 12.8 Å². The molecule has 0 radical (unpaired) electrons. The van der Waals surface area contributed by atoms with Gasteiger partial charge in [0.25, 0.3) is 5.91 Å². The van der Waals surface area contributed by atoms with E-state index in [9.17, 15) is 14.4 Å². The van der Waals surface area contributed by atoms with E-state index in [0.717, 1.165) is 44.1 Å². The third-order valence-corrected chi connectivity index (χ3v) is 5.20. The summed E-state index contributed by atoms with van der Waals surface area (Å²) < 4.78 is 0. The van der Waals surface area contributed by atoms with Crippen LogP contribution in [-0.4, -0.2) is 30.9 Å². The van der Waals surface area contributed by atoms with Crippen LogP contribution in [0.2, 0.25) is 0 Å². The molecule has 7 heteroatoms. The molecule has 0 aliphatic heterocycles. The van der Waals surface area contributed by atoms with Gasteiger partial charge in [-0.25, -0.2) is 4.79 Å². The van der Waals surface area contributed by atoms with Crippen molar-refractivity contribution in [3.63, 3.8) is 0 Å². The molecule has 0 bridgehead atoms. The van der Waals surface area contributed by atoms with Crippen molar-refractivity contribution in [1.82, 2.24) is 10.8 Å². The molecule has 0 atom stereocenters. The van der Waals surface area contributed by atoms with E-state index in [1.54, 1.807) is 0 Å². The lowest BCUT2D eigenvalue weighted by Crippen LogP contribution is -2.31. The Morgan fingerprint density at radius 3 is 2.03 bits per heavy atom. The maximum atomic E-state index is 12.0. The van der Waals surface area contributed by atoms with Crippen molar-refractivity contribution >= 4 is 17.8 Å². The lowest BCUT2D eigenvalue weighted by Gasteiger charge is -2.08. The van der Waals surface area contributed by atoms with Gasteiger partial charge in [-0.1, -0.05) is 54.6 Å². The fourth-order valence-electron chi connectivity index (χ4n) is 3.34. The molecule has 0 aliphatic carbocycles. The smallest absolute Gasteiger partial charge is 0.334 e. The second-order valence-corrected chi connectivity index (χ2v) is 8.03. The molecule has 0 saturated heterocycles. The minimum atomic E-state index is -0.601. The second kappa shape index (κ2) is 15.6. The van der Waals surface area contributed by atoms with Gasteiger partial charge in [-0.3, -0.25) is 9.59 Å². The highest BCUT2D eigenvalue weighted by molar-refractivity contribution is 5.80. The first-order valence-electron chi connectivity index (χ1n) is 11.6. The zero-order chi connectivity index (χ0) is 23.7. The quantitative estimate of drug-likeness (QED) is 0.301. The zero-order valence-corrected chi connectivity index (χ0v) is 19.2. The summed E-state index contributed by atoms with van der Waals surface area (Å²) >= 11 is 0. The lowest BCUT2D eigenvalue weighted by molar-refractivity contribution is -0.158. The molecule has 0 aliphatic rings. The summed E-state index contributed by atoms with van der Waals surface area (Å²) in [5.41, 5.74) is 11.0. The highest BCUT2D eigenvalue weighted by atomic mass is 16.7. The summed E-state index contributed by atoms with van der Waals surface area (Å²) in [7, 11) is 0. The van der Waals surface area contributed by atoms with Crippen LogP contribution in [-0.2, 0) is 38.5 Å². The highest BCUT2D eigenvalue weighted by Gasteiger charge is 2.09. The van der Waals surface area contributed by atoms with Gasteiger partial charge in [0, 0.05) is 13.0 Å². The molecule has 2 amide bonds. The fourth-order valence-corrected chi connectivity index (χ4v) is 3.34. The van der Waals surface area contributed by atoms with Crippen molar-refractivity contribution in [2.24, 2.45) is 5.73 Å². The number of amides is 2. The standard InChI is InChI=1S/C26H35N3O4/c27-18-7-6-12-24(30)28-19-17-26(32)33-29-25(31)20-23-15-13-22(14-16-23)11-5-4-10-21-8-2-1-3-9-21/h1-3,8-9,13-16H,4-7,10-12,17-20,27H2,(H,28,30)(H,29,31). The SMILES string of the molecule is NCCCCC(=O)NCCC(=O)ONC(=O)Cc1ccc(CCCCc2ccccc2)cc1. The number of nitrogens with one attached hydrogen (secondary N) is 2. The molecule has 0 saturated carbocycles. The van der Waals surface area contributed by atoms with Gasteiger partial charge in [-0.15, -0.1) is 0 Å². The van der Waals surface area contributed by atoms with Gasteiger partial charge >= 0.3 is 5.97 Å². The molecule has 0 heterocycles. The van der Waals surface area contributed by atoms with Crippen molar-refractivity contribution in [3.8, 4) is 0 Å². The van der Waals surface area contributed by atoms with E-state index in [4.69, 9.17) is 10.6 Å². The van der Waals surface area contributed by atoms with E-state index in [1.807, 2.05) is 30.3 Å². The van der Waals surface area contributed by atoms with E-state index in [0.29, 0.717) is 13.0 Å². The number of nitrogens with two attached hydrogens (primary N) is 1. The van der Waals surface area contributed by atoms with Crippen molar-refractivity contribution in [2.45, 2.75) is 57.8 Å². The Morgan fingerprint density at radius 1 is 0.727 bits per heavy atom. The molecule has 2 aromatic carbocycles. The van der Waals surface area contributed by atoms with Gasteiger partial charge in [-0.05, 0) is 61.8 Å². The number of rotatable bonds is 14. The average molecular weight is 454 g/mol. The fraction of sp³-hybridized carbons (Fsp3) is 0.423. The number of hydroxylamine groups is 1. The van der Waals surface area contributed by atoms with Crippen LogP contribution >= 0.6 is 0 Å². The Balaban J connectivity index is 1.57. The number of benzene rings is 2. The normalized spacial score (nSPS) is 10.5. The Kier molecular flexibility index (Phi) is 12.3. The summed E-state index contributed by atoms with van der Waals surface area (Å²) in [5, 5.41) is 2.64. The number of aryl methyl sites for hydroxylation is 2. The highest BCUT2D eigenvalue weighted by Crippen LogP contribution is 2.11. The zero-order valence-electron chi connectivity index (χ0n) is 19.2. The monoisotopic (exact) mass is 453 g/mol. The first kappa shape index (κ1) is 26.1. The van der Waals surface area contributed by atoms with Crippen LogP contribution in [0.15, 0.2) is 54.6 Å². The number of carbonyl (C=O) groups excluding carboxylic acids is 3. The van der Waals surface area contributed by atoms with E-state index >= 15 is 0 Å². The van der Waals surface area contributed by atoms with Crippen LogP contribution in [0.1, 0.15) is 55.2 Å². The summed E-state index contributed by atoms with van der Waals surface area (Å²) in [4.78, 5) is 40.0. The molecule has 0 spiro atoms. The van der Waals surface area contributed by atoms with Crippen LogP contribution in [0.25, 0.3) is 0 Å². The molecular formula is C26H35N3O4. The third kappa shape index (κ3) is 11.8. The van der Waals surface area contributed by atoms with Gasteiger partial charge in [0.15, 0.2) is 0 Å². The molecule has 7 nitrogen and oxygen atoms in total. The van der Waals surface area contributed by atoms with Crippen LogP contribution in [0.3, 0.4) is 0 Å². The molecule has 178 valence electrons. The summed E-state index contributed by atoms with van der Waals surface area (Å²) in [5.74, 6) is -1.12. The van der Waals surface area contributed by atoms with Crippen molar-refractivity contribution in [2.75, 3.05) is 13.1 Å². The van der Waals surface area contributed by atoms with Gasteiger partial charge in [0.1, 0.15) is 0 Å². The Hall–Kier alpha value is -3.19. The lowest BCUT2D eigenvalue weighted by atomic mass is 10.0. The Morgan fingerprint density at radius 2 is 1.36 bits per heavy atom. The summed E-state index contributed by atoms with van der Waals surface area (Å²) in [6, 6.07) is 18.4. The first-order valence-corrected chi connectivity index (χ1v) is 11.6. The molecule has 0 unspecified atom stereocenters. The predicted octanol–water partition coefficient (Wildman–Crippen LogP) is 3.00. The van der Waals surface area contributed by atoms with Crippen LogP contribution in [0.5, 0.6) is 0 Å². The van der Waals surface area contributed by atoms with Crippen molar-refractivity contribution in [3.05, 3.63) is 71.3 Å². The average Bonchev–Trinajstić information content (AvgIpc) is 2.82. The molecular weight excluding hydrogens is 418 g/mol. The van der Waals surface area contributed by atoms with Gasteiger partial charge < -0.3 is 15.9 Å². The summed E-state index contributed by atoms with van der Waals surface area (Å²) in [6.07, 6.45) is 6.34. The number of hydrogen-bond acceptors (Lipinski definition) is 5. The van der Waals surface area contributed by atoms with Crippen LogP contribution in [0.4, 0.5) is 0 Å². The van der Waals surface area contributed by atoms with Gasteiger partial charge in [-0.2, -0.15) is 5.48 Å². The molecule has 2 aromatic rings. The topological polar surface area (TPSA) is 111 Å². The summed E-state index contributed by atoms with van der Waals surface area (Å²) in [6.45, 7) is 0.724. The van der Waals surface area contributed by atoms with Crippen LogP contribution in [0, 0.1) is 0 Å². The minimum Gasteiger partial charge on any atom is -0.356 e. The Labute approximate surface area is 196 Å². The number of carbonyl (C=O) groups is 3. The third-order valence-electron chi connectivity index (χ3n) is 5.20. The first-order chi connectivity index (χ1) is 16.1.